The summed E-state index contributed by atoms with van der Waals surface area (Å²) in [7, 11) is 0.208. The fraction of sp³-hybridized carbons (Fsp3) is 0.400. The van der Waals surface area contributed by atoms with E-state index in [0.29, 0.717) is 45.6 Å². The van der Waals surface area contributed by atoms with E-state index in [1.54, 1.807) is 12.1 Å². The summed E-state index contributed by atoms with van der Waals surface area (Å²) in [4.78, 5) is 0.604. The first kappa shape index (κ1) is 19.7. The zero-order valence-corrected chi connectivity index (χ0v) is 16.6. The summed E-state index contributed by atoms with van der Waals surface area (Å²) in [6, 6.07) is 10.5. The molecule has 0 radical (unpaired) electrons. The van der Waals surface area contributed by atoms with Gasteiger partial charge in [-0.1, -0.05) is 0 Å². The summed E-state index contributed by atoms with van der Waals surface area (Å²) in [6.07, 6.45) is 1.71. The number of rotatable bonds is 10. The van der Waals surface area contributed by atoms with E-state index in [0.717, 1.165) is 25.9 Å². The molecule has 2 aromatic carbocycles. The van der Waals surface area contributed by atoms with Gasteiger partial charge in [0, 0.05) is 11.1 Å². The number of hydrogen-bond donors (Lipinski definition) is 2. The molecular formula is C20H26N2O4S. The zero-order valence-electron chi connectivity index (χ0n) is 15.7. The standard InChI is InChI=1S/C20H26N2O4S/c1-21-9-3-11-25-15-5-7-17-18-8-6-16(26-12-4-10-22-2)14-20(18)27(23,24)19(17)13-15/h5-8,13-14,21-22H,3-4,9-12H2,1-2H3. The maximum absolute atomic E-state index is 13.0. The molecule has 0 saturated heterocycles. The van der Waals surface area contributed by atoms with Gasteiger partial charge >= 0.3 is 0 Å². The van der Waals surface area contributed by atoms with Crippen molar-refractivity contribution in [2.45, 2.75) is 22.6 Å². The molecule has 0 saturated carbocycles. The Bertz CT molecular complexity index is 829. The number of benzene rings is 2. The smallest absolute Gasteiger partial charge is 0.208 e. The Labute approximate surface area is 160 Å². The van der Waals surface area contributed by atoms with Gasteiger partial charge < -0.3 is 20.1 Å². The van der Waals surface area contributed by atoms with E-state index in [2.05, 4.69) is 10.6 Å². The number of ether oxygens (including phenoxy) is 2. The SMILES string of the molecule is CNCCCOc1ccc2c(c1)S(=O)(=O)c1cc(OCCCNC)ccc1-2. The second-order valence-electron chi connectivity index (χ2n) is 6.43. The molecule has 6 nitrogen and oxygen atoms in total. The fourth-order valence-corrected chi connectivity index (χ4v) is 4.79. The maximum atomic E-state index is 13.0. The molecule has 0 atom stereocenters. The second-order valence-corrected chi connectivity index (χ2v) is 8.32. The van der Waals surface area contributed by atoms with Crippen molar-refractivity contribution in [2.75, 3.05) is 40.4 Å². The van der Waals surface area contributed by atoms with Crippen molar-refractivity contribution in [2.24, 2.45) is 0 Å². The van der Waals surface area contributed by atoms with Crippen LogP contribution >= 0.6 is 0 Å². The van der Waals surface area contributed by atoms with Crippen molar-refractivity contribution < 1.29 is 17.9 Å². The molecule has 0 aromatic heterocycles. The van der Waals surface area contributed by atoms with Gasteiger partial charge in [0.05, 0.1) is 23.0 Å². The first-order chi connectivity index (χ1) is 13.1. The molecule has 0 aliphatic carbocycles. The summed E-state index contributed by atoms with van der Waals surface area (Å²) < 4.78 is 37.4. The van der Waals surface area contributed by atoms with Gasteiger partial charge in [-0.3, -0.25) is 0 Å². The van der Waals surface area contributed by atoms with Crippen LogP contribution < -0.4 is 20.1 Å². The Morgan fingerprint density at radius 1 is 0.778 bits per heavy atom. The van der Waals surface area contributed by atoms with E-state index in [1.807, 2.05) is 38.4 Å². The zero-order chi connectivity index (χ0) is 19.3. The molecule has 2 N–H and O–H groups in total. The molecule has 0 unspecified atom stereocenters. The van der Waals surface area contributed by atoms with E-state index in [9.17, 15) is 8.42 Å². The molecule has 1 aliphatic heterocycles. The van der Waals surface area contributed by atoms with Crippen LogP contribution in [0, 0.1) is 0 Å². The lowest BCUT2D eigenvalue weighted by Gasteiger charge is -2.07. The van der Waals surface area contributed by atoms with Crippen LogP contribution in [-0.2, 0) is 9.84 Å². The number of hydrogen-bond acceptors (Lipinski definition) is 6. The lowest BCUT2D eigenvalue weighted by Crippen LogP contribution is -2.11. The molecule has 3 rings (SSSR count). The molecule has 0 fully saturated rings. The van der Waals surface area contributed by atoms with Gasteiger partial charge in [-0.15, -0.1) is 0 Å². The van der Waals surface area contributed by atoms with Gasteiger partial charge in [-0.25, -0.2) is 8.42 Å². The summed E-state index contributed by atoms with van der Waals surface area (Å²) >= 11 is 0. The topological polar surface area (TPSA) is 76.7 Å². The molecule has 1 heterocycles. The van der Waals surface area contributed by atoms with E-state index < -0.39 is 9.84 Å². The summed E-state index contributed by atoms with van der Waals surface area (Å²) in [5.74, 6) is 1.15. The third kappa shape index (κ3) is 4.26. The molecular weight excluding hydrogens is 364 g/mol. The van der Waals surface area contributed by atoms with Crippen LogP contribution in [0.4, 0.5) is 0 Å². The molecule has 0 amide bonds. The maximum Gasteiger partial charge on any atom is 0.208 e. The van der Waals surface area contributed by atoms with E-state index in [4.69, 9.17) is 9.47 Å². The van der Waals surface area contributed by atoms with Crippen LogP contribution in [0.2, 0.25) is 0 Å². The van der Waals surface area contributed by atoms with Crippen LogP contribution in [0.25, 0.3) is 11.1 Å². The minimum Gasteiger partial charge on any atom is -0.494 e. The number of sulfone groups is 1. The Morgan fingerprint density at radius 2 is 1.22 bits per heavy atom. The molecule has 27 heavy (non-hydrogen) atoms. The largest absolute Gasteiger partial charge is 0.494 e. The Kier molecular flexibility index (Phi) is 6.36. The highest BCUT2D eigenvalue weighted by Crippen LogP contribution is 2.45. The molecule has 7 heteroatoms. The van der Waals surface area contributed by atoms with E-state index in [-0.39, 0.29) is 0 Å². The molecule has 1 aliphatic rings. The molecule has 2 aromatic rings. The van der Waals surface area contributed by atoms with Crippen molar-refractivity contribution >= 4 is 9.84 Å². The van der Waals surface area contributed by atoms with Crippen LogP contribution in [-0.4, -0.2) is 48.8 Å². The lowest BCUT2D eigenvalue weighted by molar-refractivity contribution is 0.309. The van der Waals surface area contributed by atoms with Crippen LogP contribution in [0.1, 0.15) is 12.8 Å². The summed E-state index contributed by atoms with van der Waals surface area (Å²) in [5.41, 5.74) is 1.43. The average molecular weight is 391 g/mol. The highest BCUT2D eigenvalue weighted by Gasteiger charge is 2.33. The monoisotopic (exact) mass is 390 g/mol. The third-order valence-electron chi connectivity index (χ3n) is 4.46. The number of nitrogens with one attached hydrogen (secondary N) is 2. The van der Waals surface area contributed by atoms with Gasteiger partial charge in [0.25, 0.3) is 0 Å². The Hall–Kier alpha value is -2.09. The quantitative estimate of drug-likeness (QED) is 0.518. The van der Waals surface area contributed by atoms with Gasteiger partial charge in [0.1, 0.15) is 11.5 Å². The van der Waals surface area contributed by atoms with Crippen LogP contribution in [0.15, 0.2) is 46.2 Å². The van der Waals surface area contributed by atoms with Gasteiger partial charge in [0.15, 0.2) is 0 Å². The van der Waals surface area contributed by atoms with Gasteiger partial charge in [-0.05, 0) is 76.4 Å². The summed E-state index contributed by atoms with van der Waals surface area (Å²) in [6.45, 7) is 2.78. The van der Waals surface area contributed by atoms with E-state index in [1.165, 1.54) is 0 Å². The summed E-state index contributed by atoms with van der Waals surface area (Å²) in [5, 5.41) is 6.11. The third-order valence-corrected chi connectivity index (χ3v) is 6.29. The lowest BCUT2D eigenvalue weighted by atomic mass is 10.1. The molecule has 0 spiro atoms. The van der Waals surface area contributed by atoms with E-state index >= 15 is 0 Å². The minimum absolute atomic E-state index is 0.302. The fourth-order valence-electron chi connectivity index (χ4n) is 3.07. The molecule has 0 bridgehead atoms. The van der Waals surface area contributed by atoms with Crippen molar-refractivity contribution in [1.29, 1.82) is 0 Å². The normalized spacial score (nSPS) is 13.9. The van der Waals surface area contributed by atoms with Crippen molar-refractivity contribution in [1.82, 2.24) is 10.6 Å². The second kappa shape index (κ2) is 8.73. The predicted molar refractivity (Wildman–Crippen MR) is 105 cm³/mol. The van der Waals surface area contributed by atoms with Gasteiger partial charge in [-0.2, -0.15) is 0 Å². The van der Waals surface area contributed by atoms with Crippen molar-refractivity contribution in [3.63, 3.8) is 0 Å². The van der Waals surface area contributed by atoms with Crippen LogP contribution in [0.5, 0.6) is 11.5 Å². The number of fused-ring (bicyclic) bond motifs is 3. The first-order valence-electron chi connectivity index (χ1n) is 9.16. The average Bonchev–Trinajstić information content (AvgIpc) is 2.89. The Balaban J connectivity index is 1.80. The van der Waals surface area contributed by atoms with Crippen LogP contribution in [0.3, 0.4) is 0 Å². The molecule has 146 valence electrons. The first-order valence-corrected chi connectivity index (χ1v) is 10.6. The highest BCUT2D eigenvalue weighted by molar-refractivity contribution is 7.92. The predicted octanol–water partition coefficient (Wildman–Crippen LogP) is 2.48. The minimum atomic E-state index is -3.57. The van der Waals surface area contributed by atoms with Gasteiger partial charge in [0.2, 0.25) is 9.84 Å². The van der Waals surface area contributed by atoms with Crippen molar-refractivity contribution in [3.05, 3.63) is 36.4 Å². The Morgan fingerprint density at radius 3 is 1.63 bits per heavy atom. The highest BCUT2D eigenvalue weighted by atomic mass is 32.2. The van der Waals surface area contributed by atoms with Crippen molar-refractivity contribution in [3.8, 4) is 22.6 Å².